The summed E-state index contributed by atoms with van der Waals surface area (Å²) < 4.78 is 5.41. The molecule has 0 spiro atoms. The largest absolute Gasteiger partial charge is 0.393 e. The monoisotopic (exact) mass is 171 g/mol. The summed E-state index contributed by atoms with van der Waals surface area (Å²) in [4.78, 5) is 10.7. The molecule has 3 aliphatic rings. The maximum atomic E-state index is 10.7. The zero-order valence-electron chi connectivity index (χ0n) is 6.88. The molecule has 0 aromatic carbocycles. The number of carbonyl (C=O) groups excluding carboxylic acids is 1. The molecule has 3 N–H and O–H groups in total. The molecule has 0 radical (unpaired) electrons. The molecule has 0 aromatic rings. The number of carbonyl (C=O) groups is 1. The summed E-state index contributed by atoms with van der Waals surface area (Å²) in [6, 6.07) is 0. The van der Waals surface area contributed by atoms with Crippen molar-refractivity contribution in [3.05, 3.63) is 0 Å². The molecule has 2 bridgehead atoms. The minimum atomic E-state index is -0.324. The average molecular weight is 171 g/mol. The highest BCUT2D eigenvalue weighted by molar-refractivity contribution is 5.75. The maximum Gasteiger partial charge on any atom is 0.218 e. The lowest BCUT2D eigenvalue weighted by Crippen LogP contribution is -2.48. The van der Waals surface area contributed by atoms with Crippen molar-refractivity contribution < 1.29 is 14.6 Å². The van der Waals surface area contributed by atoms with Crippen LogP contribution in [0, 0.1) is 5.41 Å². The van der Waals surface area contributed by atoms with E-state index >= 15 is 0 Å². The first-order valence-electron chi connectivity index (χ1n) is 4.13. The van der Waals surface area contributed by atoms with E-state index in [1.807, 2.05) is 0 Å². The van der Waals surface area contributed by atoms with Gasteiger partial charge in [-0.05, 0) is 12.8 Å². The van der Waals surface area contributed by atoms with Crippen LogP contribution in [0.15, 0.2) is 0 Å². The smallest absolute Gasteiger partial charge is 0.218 e. The average Bonchev–Trinajstić information content (AvgIpc) is 2.40. The van der Waals surface area contributed by atoms with E-state index in [4.69, 9.17) is 15.6 Å². The molecule has 4 nitrogen and oxygen atoms in total. The van der Waals surface area contributed by atoms with Crippen molar-refractivity contribution in [3.8, 4) is 0 Å². The third-order valence-corrected chi connectivity index (χ3v) is 2.92. The quantitative estimate of drug-likeness (QED) is 0.595. The van der Waals surface area contributed by atoms with E-state index in [-0.39, 0.29) is 23.5 Å². The van der Waals surface area contributed by atoms with E-state index in [0.717, 1.165) is 12.8 Å². The van der Waals surface area contributed by atoms with Crippen LogP contribution in [0.5, 0.6) is 0 Å². The highest BCUT2D eigenvalue weighted by atomic mass is 16.5. The Labute approximate surface area is 70.7 Å². The van der Waals surface area contributed by atoms with Crippen molar-refractivity contribution in [2.75, 3.05) is 13.2 Å². The minimum Gasteiger partial charge on any atom is -0.393 e. The third kappa shape index (κ3) is 0.949. The normalized spacial score (nSPS) is 44.1. The van der Waals surface area contributed by atoms with Gasteiger partial charge in [-0.1, -0.05) is 0 Å². The lowest BCUT2D eigenvalue weighted by molar-refractivity contribution is -0.122. The molecule has 0 aromatic heterocycles. The third-order valence-electron chi connectivity index (χ3n) is 2.92. The van der Waals surface area contributed by atoms with Crippen LogP contribution < -0.4 is 5.73 Å². The van der Waals surface area contributed by atoms with Gasteiger partial charge in [-0.2, -0.15) is 0 Å². The molecule has 4 heteroatoms. The van der Waals surface area contributed by atoms with Gasteiger partial charge in [-0.25, -0.2) is 0 Å². The van der Waals surface area contributed by atoms with Gasteiger partial charge in [0.05, 0.1) is 18.8 Å². The van der Waals surface area contributed by atoms with Crippen LogP contribution in [0.2, 0.25) is 0 Å². The molecular weight excluding hydrogens is 158 g/mol. The number of aliphatic hydroxyl groups is 1. The summed E-state index contributed by atoms with van der Waals surface area (Å²) in [6.45, 7) is 0.643. The minimum absolute atomic E-state index is 0.0332. The van der Waals surface area contributed by atoms with E-state index < -0.39 is 0 Å². The van der Waals surface area contributed by atoms with E-state index in [0.29, 0.717) is 13.0 Å². The highest BCUT2D eigenvalue weighted by Gasteiger charge is 2.62. The molecule has 3 rings (SSSR count). The number of ether oxygens (including phenoxy) is 1. The number of fused-ring (bicyclic) bond motifs is 1. The first-order chi connectivity index (χ1) is 5.60. The second-order valence-corrected chi connectivity index (χ2v) is 4.13. The number of amides is 1. The fraction of sp³-hybridized carbons (Fsp3) is 0.875. The lowest BCUT2D eigenvalue weighted by atomic mass is 9.61. The zero-order chi connectivity index (χ0) is 8.82. The SMILES string of the molecule is NC(=O)CC12COC(CO)(C1)C2. The molecule has 12 heavy (non-hydrogen) atoms. The number of hydrogen-bond donors (Lipinski definition) is 2. The van der Waals surface area contributed by atoms with Gasteiger partial charge in [0.2, 0.25) is 5.91 Å². The molecule has 2 heterocycles. The van der Waals surface area contributed by atoms with E-state index in [1.54, 1.807) is 0 Å². The Bertz CT molecular complexity index is 220. The van der Waals surface area contributed by atoms with Crippen LogP contribution in [-0.4, -0.2) is 29.8 Å². The van der Waals surface area contributed by atoms with Crippen LogP contribution in [0.1, 0.15) is 19.3 Å². The Kier molecular flexibility index (Phi) is 1.47. The van der Waals surface area contributed by atoms with Crippen molar-refractivity contribution in [1.29, 1.82) is 0 Å². The van der Waals surface area contributed by atoms with Crippen LogP contribution in [0.4, 0.5) is 0 Å². The second kappa shape index (κ2) is 2.20. The fourth-order valence-electron chi connectivity index (χ4n) is 2.53. The number of hydrogen-bond acceptors (Lipinski definition) is 3. The van der Waals surface area contributed by atoms with Crippen molar-refractivity contribution in [2.24, 2.45) is 11.1 Å². The molecule has 0 unspecified atom stereocenters. The van der Waals surface area contributed by atoms with Gasteiger partial charge in [0.1, 0.15) is 0 Å². The Hall–Kier alpha value is -0.610. The topological polar surface area (TPSA) is 72.6 Å². The lowest BCUT2D eigenvalue weighted by Gasteiger charge is -2.42. The van der Waals surface area contributed by atoms with E-state index in [1.165, 1.54) is 0 Å². The van der Waals surface area contributed by atoms with Gasteiger partial charge in [-0.3, -0.25) is 4.79 Å². The second-order valence-electron chi connectivity index (χ2n) is 4.13. The van der Waals surface area contributed by atoms with Crippen LogP contribution in [0.3, 0.4) is 0 Å². The number of nitrogens with two attached hydrogens (primary N) is 1. The Morgan fingerprint density at radius 2 is 2.25 bits per heavy atom. The molecular formula is C8H13NO3. The van der Waals surface area contributed by atoms with Gasteiger partial charge < -0.3 is 15.6 Å². The first-order valence-corrected chi connectivity index (χ1v) is 4.13. The van der Waals surface area contributed by atoms with Gasteiger partial charge in [-0.15, -0.1) is 0 Å². The van der Waals surface area contributed by atoms with Crippen LogP contribution in [-0.2, 0) is 9.53 Å². The number of rotatable bonds is 3. The summed E-state index contributed by atoms with van der Waals surface area (Å²) in [5, 5.41) is 8.97. The molecule has 2 aliphatic heterocycles. The van der Waals surface area contributed by atoms with Crippen LogP contribution in [0.25, 0.3) is 0 Å². The summed E-state index contributed by atoms with van der Waals surface area (Å²) in [5.74, 6) is -0.271. The van der Waals surface area contributed by atoms with Gasteiger partial charge in [0.25, 0.3) is 0 Å². The summed E-state index contributed by atoms with van der Waals surface area (Å²) in [7, 11) is 0. The van der Waals surface area contributed by atoms with E-state index in [2.05, 4.69) is 0 Å². The Balaban J connectivity index is 2.00. The molecule has 1 amide bonds. The molecule has 0 atom stereocenters. The van der Waals surface area contributed by atoms with Crippen molar-refractivity contribution in [1.82, 2.24) is 0 Å². The summed E-state index contributed by atoms with van der Waals surface area (Å²) in [5.41, 5.74) is 4.75. The van der Waals surface area contributed by atoms with Gasteiger partial charge in [0.15, 0.2) is 0 Å². The number of primary amides is 1. The number of aliphatic hydroxyl groups excluding tert-OH is 1. The van der Waals surface area contributed by atoms with Gasteiger partial charge in [0, 0.05) is 11.8 Å². The fourth-order valence-corrected chi connectivity index (χ4v) is 2.53. The summed E-state index contributed by atoms with van der Waals surface area (Å²) in [6.07, 6.45) is 1.98. The van der Waals surface area contributed by atoms with Crippen LogP contribution >= 0.6 is 0 Å². The van der Waals surface area contributed by atoms with Crippen molar-refractivity contribution in [3.63, 3.8) is 0 Å². The molecule has 68 valence electrons. The maximum absolute atomic E-state index is 10.7. The summed E-state index contributed by atoms with van der Waals surface area (Å²) >= 11 is 0. The standard InChI is InChI=1S/C8H13NO3/c9-6(11)1-7-2-8(3-7,4-10)12-5-7/h10H,1-5H2,(H2,9,11). The molecule has 2 saturated heterocycles. The Morgan fingerprint density at radius 3 is 2.67 bits per heavy atom. The highest BCUT2D eigenvalue weighted by Crippen LogP contribution is 2.59. The van der Waals surface area contributed by atoms with Gasteiger partial charge >= 0.3 is 0 Å². The molecule has 1 saturated carbocycles. The molecule has 3 fully saturated rings. The van der Waals surface area contributed by atoms with Crippen molar-refractivity contribution >= 4 is 5.91 Å². The first kappa shape index (κ1) is 8.01. The predicted molar refractivity (Wildman–Crippen MR) is 41.2 cm³/mol. The van der Waals surface area contributed by atoms with E-state index in [9.17, 15) is 4.79 Å². The molecule has 1 aliphatic carbocycles. The Morgan fingerprint density at radius 1 is 1.58 bits per heavy atom. The predicted octanol–water partition coefficient (Wildman–Crippen LogP) is -0.597. The van der Waals surface area contributed by atoms with Crippen molar-refractivity contribution in [2.45, 2.75) is 24.9 Å². The zero-order valence-corrected chi connectivity index (χ0v) is 6.88.